The van der Waals surface area contributed by atoms with E-state index in [1.54, 1.807) is 17.0 Å². The van der Waals surface area contributed by atoms with Crippen molar-refractivity contribution in [1.82, 2.24) is 9.88 Å². The molecule has 1 unspecified atom stereocenters. The molecular weight excluding hydrogens is 477 g/mol. The Kier molecular flexibility index (Phi) is 6.41. The van der Waals surface area contributed by atoms with Crippen molar-refractivity contribution in [3.05, 3.63) is 52.5 Å². The number of ether oxygens (including phenoxy) is 1. The van der Waals surface area contributed by atoms with E-state index < -0.39 is 17.9 Å². The minimum absolute atomic E-state index is 0.0274. The van der Waals surface area contributed by atoms with E-state index in [0.29, 0.717) is 54.2 Å². The highest BCUT2D eigenvalue weighted by atomic mass is 19.1. The van der Waals surface area contributed by atoms with E-state index in [9.17, 15) is 14.4 Å². The van der Waals surface area contributed by atoms with Crippen molar-refractivity contribution >= 4 is 23.5 Å². The summed E-state index contributed by atoms with van der Waals surface area (Å²) in [6.07, 6.45) is 3.08. The van der Waals surface area contributed by atoms with Crippen molar-refractivity contribution in [2.24, 2.45) is 11.8 Å². The van der Waals surface area contributed by atoms with Crippen molar-refractivity contribution in [3.8, 4) is 5.88 Å². The molecule has 2 N–H and O–H groups in total. The molecule has 9 heteroatoms. The minimum atomic E-state index is -0.930. The lowest BCUT2D eigenvalue weighted by Gasteiger charge is -2.42. The first-order valence-electron chi connectivity index (χ1n) is 12.8. The molecule has 2 aliphatic carbocycles. The number of rotatable bonds is 6. The summed E-state index contributed by atoms with van der Waals surface area (Å²) in [5.41, 5.74) is 3.00. The number of hydrogen-bond donors (Lipinski definition) is 2. The molecule has 0 radical (unpaired) electrons. The van der Waals surface area contributed by atoms with Crippen molar-refractivity contribution < 1.29 is 28.6 Å². The Morgan fingerprint density at radius 2 is 1.97 bits per heavy atom. The monoisotopic (exact) mass is 509 g/mol. The fourth-order valence-corrected chi connectivity index (χ4v) is 6.16. The quantitative estimate of drug-likeness (QED) is 0.609. The number of aryl methyl sites for hydroxylation is 1. The summed E-state index contributed by atoms with van der Waals surface area (Å²) in [7, 11) is 1.52. The number of methoxy groups -OCH3 is 1. The van der Waals surface area contributed by atoms with Crippen LogP contribution in [0.25, 0.3) is 0 Å². The molecule has 3 aliphatic rings. The van der Waals surface area contributed by atoms with Gasteiger partial charge in [-0.1, -0.05) is 13.8 Å². The highest BCUT2D eigenvalue weighted by Crippen LogP contribution is 2.43. The number of fused-ring (bicyclic) bond motifs is 2. The van der Waals surface area contributed by atoms with Gasteiger partial charge in [-0.3, -0.25) is 14.4 Å². The molecule has 1 saturated carbocycles. The number of nitrogens with zero attached hydrogens (tertiary/aromatic N) is 2. The smallest absolute Gasteiger partial charge is 0.303 e. The van der Waals surface area contributed by atoms with Gasteiger partial charge in [-0.25, -0.2) is 9.37 Å². The molecule has 2 aromatic rings. The Balaban J connectivity index is 1.42. The summed E-state index contributed by atoms with van der Waals surface area (Å²) >= 11 is 0. The van der Waals surface area contributed by atoms with Gasteiger partial charge in [0.05, 0.1) is 12.8 Å². The molecule has 0 spiro atoms. The van der Waals surface area contributed by atoms with Crippen LogP contribution in [-0.2, 0) is 32.6 Å². The fourth-order valence-electron chi connectivity index (χ4n) is 6.16. The van der Waals surface area contributed by atoms with Gasteiger partial charge in [-0.15, -0.1) is 0 Å². The third-order valence-electron chi connectivity index (χ3n) is 8.10. The zero-order chi connectivity index (χ0) is 26.5. The Hall–Kier alpha value is -3.49. The van der Waals surface area contributed by atoms with Crippen LogP contribution in [0.2, 0.25) is 0 Å². The van der Waals surface area contributed by atoms with Gasteiger partial charge in [0.2, 0.25) is 11.8 Å². The molecule has 0 bridgehead atoms. The Morgan fingerprint density at radius 3 is 2.68 bits per heavy atom. The van der Waals surface area contributed by atoms with Gasteiger partial charge in [0, 0.05) is 42.6 Å². The lowest BCUT2D eigenvalue weighted by Crippen LogP contribution is -2.50. The molecule has 1 aromatic carbocycles. The maximum absolute atomic E-state index is 15.1. The first kappa shape index (κ1) is 25.2. The zero-order valence-electron chi connectivity index (χ0n) is 21.3. The first-order chi connectivity index (χ1) is 17.6. The fraction of sp³-hybridized carbons (Fsp3) is 0.500. The number of pyridine rings is 1. The summed E-state index contributed by atoms with van der Waals surface area (Å²) in [4.78, 5) is 44.3. The number of carboxylic acid groups (broad SMARTS) is 1. The Labute approximate surface area is 215 Å². The van der Waals surface area contributed by atoms with Crippen LogP contribution in [0, 0.1) is 17.7 Å². The predicted molar refractivity (Wildman–Crippen MR) is 134 cm³/mol. The lowest BCUT2D eigenvalue weighted by molar-refractivity contribution is -0.149. The van der Waals surface area contributed by atoms with Crippen LogP contribution in [-0.4, -0.2) is 46.4 Å². The molecule has 0 saturated heterocycles. The highest BCUT2D eigenvalue weighted by Gasteiger charge is 2.44. The standard InChI is InChI=1S/C28H32FN3O5/c1-28(2)8-6-16-13-18(14-20(29)24(16)28)30-26(35)25-19-4-5-22(37-3)31-21(19)7-9-32(25)27(36)17-10-15(11-17)12-23(33)34/h4-5,13-15,17,25H,6-12H2,1-3H3,(H,30,35)(H,33,34). The van der Waals surface area contributed by atoms with Crippen LogP contribution >= 0.6 is 0 Å². The third-order valence-corrected chi connectivity index (χ3v) is 8.10. The molecule has 1 fully saturated rings. The molecule has 37 heavy (non-hydrogen) atoms. The van der Waals surface area contributed by atoms with Crippen molar-refractivity contribution in [2.75, 3.05) is 19.0 Å². The third kappa shape index (κ3) is 4.67. The van der Waals surface area contributed by atoms with Crippen molar-refractivity contribution in [3.63, 3.8) is 0 Å². The minimum Gasteiger partial charge on any atom is -0.481 e. The van der Waals surface area contributed by atoms with E-state index in [-0.39, 0.29) is 35.4 Å². The van der Waals surface area contributed by atoms with Crippen LogP contribution in [0.5, 0.6) is 5.88 Å². The van der Waals surface area contributed by atoms with E-state index >= 15 is 4.39 Å². The molecule has 1 atom stereocenters. The molecule has 1 aliphatic heterocycles. The summed E-state index contributed by atoms with van der Waals surface area (Å²) < 4.78 is 20.3. The number of carboxylic acids is 1. The van der Waals surface area contributed by atoms with Gasteiger partial charge >= 0.3 is 5.97 Å². The van der Waals surface area contributed by atoms with E-state index in [1.165, 1.54) is 13.2 Å². The highest BCUT2D eigenvalue weighted by molar-refractivity contribution is 5.99. The average molecular weight is 510 g/mol. The van der Waals surface area contributed by atoms with Crippen LogP contribution in [0.3, 0.4) is 0 Å². The van der Waals surface area contributed by atoms with Crippen molar-refractivity contribution in [1.29, 1.82) is 0 Å². The first-order valence-corrected chi connectivity index (χ1v) is 12.8. The number of nitrogens with one attached hydrogen (secondary N) is 1. The molecule has 2 heterocycles. The van der Waals surface area contributed by atoms with Crippen LogP contribution < -0.4 is 10.1 Å². The summed E-state index contributed by atoms with van der Waals surface area (Å²) in [5, 5.41) is 11.9. The molecule has 196 valence electrons. The largest absolute Gasteiger partial charge is 0.481 e. The van der Waals surface area contributed by atoms with Gasteiger partial charge in [0.15, 0.2) is 0 Å². The van der Waals surface area contributed by atoms with Crippen LogP contribution in [0.15, 0.2) is 24.3 Å². The van der Waals surface area contributed by atoms with Gasteiger partial charge in [0.1, 0.15) is 11.9 Å². The summed E-state index contributed by atoms with van der Waals surface area (Å²) in [5.74, 6) is -1.71. The van der Waals surface area contributed by atoms with E-state index in [0.717, 1.165) is 18.4 Å². The maximum Gasteiger partial charge on any atom is 0.303 e. The van der Waals surface area contributed by atoms with Crippen LogP contribution in [0.4, 0.5) is 10.1 Å². The normalized spacial score (nSPS) is 23.5. The second kappa shape index (κ2) is 9.43. The maximum atomic E-state index is 15.1. The zero-order valence-corrected chi connectivity index (χ0v) is 21.3. The average Bonchev–Trinajstić information content (AvgIpc) is 3.13. The number of benzene rings is 1. The number of amides is 2. The lowest BCUT2D eigenvalue weighted by atomic mass is 9.72. The number of carbonyl (C=O) groups is 3. The van der Waals surface area contributed by atoms with E-state index in [2.05, 4.69) is 10.3 Å². The number of aliphatic carboxylic acids is 1. The van der Waals surface area contributed by atoms with Gasteiger partial charge in [0.25, 0.3) is 5.91 Å². The number of aromatic nitrogens is 1. The molecule has 8 nitrogen and oxygen atoms in total. The number of halogens is 1. The second-order valence-electron chi connectivity index (χ2n) is 11.1. The molecular formula is C28H32FN3O5. The number of hydrogen-bond acceptors (Lipinski definition) is 5. The summed E-state index contributed by atoms with van der Waals surface area (Å²) in [6.45, 7) is 4.34. The van der Waals surface area contributed by atoms with E-state index in [1.807, 2.05) is 19.9 Å². The Morgan fingerprint density at radius 1 is 1.22 bits per heavy atom. The van der Waals surface area contributed by atoms with Gasteiger partial charge in [-0.2, -0.15) is 0 Å². The van der Waals surface area contributed by atoms with Crippen LogP contribution in [0.1, 0.15) is 68.0 Å². The van der Waals surface area contributed by atoms with Crippen molar-refractivity contribution in [2.45, 2.75) is 63.8 Å². The predicted octanol–water partition coefficient (Wildman–Crippen LogP) is 4.02. The second-order valence-corrected chi connectivity index (χ2v) is 11.1. The van der Waals surface area contributed by atoms with Gasteiger partial charge in [-0.05, 0) is 66.3 Å². The number of carbonyl (C=O) groups excluding carboxylic acids is 2. The SMILES string of the molecule is COc1ccc2c(n1)CCN(C(=O)C1CC(CC(=O)O)C1)C2C(=O)Nc1cc(F)c2c(c1)CCC2(C)C. The van der Waals surface area contributed by atoms with Gasteiger partial charge < -0.3 is 20.1 Å². The Bertz CT molecular complexity index is 1270. The topological polar surface area (TPSA) is 109 Å². The van der Waals surface area contributed by atoms with E-state index in [4.69, 9.17) is 9.84 Å². The molecule has 1 aromatic heterocycles. The molecule has 5 rings (SSSR count). The number of anilines is 1. The summed E-state index contributed by atoms with van der Waals surface area (Å²) in [6, 6.07) is 5.67. The molecule has 2 amide bonds.